The van der Waals surface area contributed by atoms with E-state index >= 15 is 0 Å². The van der Waals surface area contributed by atoms with E-state index in [0.717, 1.165) is 19.3 Å². The Kier molecular flexibility index (Phi) is 18.2. The molecule has 0 aliphatic carbocycles. The first-order valence-corrected chi connectivity index (χ1v) is 8.31. The summed E-state index contributed by atoms with van der Waals surface area (Å²) in [5.74, 6) is -0.998. The van der Waals surface area contributed by atoms with Gasteiger partial charge in [0.05, 0.1) is 6.54 Å². The molecular weight excluding hydrogens is 307 g/mol. The number of aliphatic imine (C=N–C) groups is 1. The molecule has 0 radical (unpaired) electrons. The molecule has 0 fully saturated rings. The zero-order valence-corrected chi connectivity index (χ0v) is 17.0. The summed E-state index contributed by atoms with van der Waals surface area (Å²) >= 11 is 0. The van der Waals surface area contributed by atoms with Gasteiger partial charge in [-0.1, -0.05) is 32.6 Å². The molecule has 0 aromatic rings. The van der Waals surface area contributed by atoms with E-state index in [1.807, 2.05) is 0 Å². The minimum atomic E-state index is -0.903. The fourth-order valence-corrected chi connectivity index (χ4v) is 2.19. The maximum Gasteiger partial charge on any atom is 1.00 e. The number of aliphatic carboxylic acids is 1. The number of rotatable bonds is 14. The van der Waals surface area contributed by atoms with Crippen LogP contribution in [0, 0.1) is 0 Å². The van der Waals surface area contributed by atoms with Crippen molar-refractivity contribution in [3.63, 3.8) is 0 Å². The van der Waals surface area contributed by atoms with Gasteiger partial charge in [-0.2, -0.15) is 0 Å². The molecule has 0 aliphatic rings. The van der Waals surface area contributed by atoms with E-state index in [2.05, 4.69) is 11.9 Å². The third-order valence-corrected chi connectivity index (χ3v) is 3.68. The van der Waals surface area contributed by atoms with Crippen molar-refractivity contribution in [1.29, 1.82) is 0 Å². The molecule has 0 aliphatic heterocycles. The summed E-state index contributed by atoms with van der Waals surface area (Å²) < 4.78 is 0. The van der Waals surface area contributed by atoms with Crippen LogP contribution in [0.15, 0.2) is 4.99 Å². The van der Waals surface area contributed by atoms with Gasteiger partial charge < -0.3 is 20.3 Å². The zero-order valence-electron chi connectivity index (χ0n) is 15.0. The summed E-state index contributed by atoms with van der Waals surface area (Å²) in [6.45, 7) is 5.02. The van der Waals surface area contributed by atoms with Crippen LogP contribution in [0.5, 0.6) is 0 Å². The van der Waals surface area contributed by atoms with Crippen LogP contribution in [0.1, 0.15) is 58.8 Å². The summed E-state index contributed by atoms with van der Waals surface area (Å²) in [7, 11) is 0. The molecule has 0 saturated carbocycles. The van der Waals surface area contributed by atoms with Gasteiger partial charge in [0.2, 0.25) is 0 Å². The maximum absolute atomic E-state index is 11.6. The van der Waals surface area contributed by atoms with Crippen LogP contribution >= 0.6 is 0 Å². The molecule has 0 amide bonds. The van der Waals surface area contributed by atoms with Crippen LogP contribution < -0.4 is 34.7 Å². The Labute approximate surface area is 162 Å². The van der Waals surface area contributed by atoms with Crippen LogP contribution in [0.2, 0.25) is 0 Å². The summed E-state index contributed by atoms with van der Waals surface area (Å²) in [4.78, 5) is 16.8. The predicted molar refractivity (Wildman–Crippen MR) is 86.1 cm³/mol. The Balaban J connectivity index is 0. The molecule has 6 nitrogen and oxygen atoms in total. The van der Waals surface area contributed by atoms with Gasteiger partial charge in [-0.3, -0.25) is 9.69 Å². The normalized spacial score (nSPS) is 13.0. The molecule has 0 aromatic heterocycles. The summed E-state index contributed by atoms with van der Waals surface area (Å²) in [6, 6.07) is -0.633. The van der Waals surface area contributed by atoms with Crippen LogP contribution in [-0.4, -0.2) is 59.3 Å². The van der Waals surface area contributed by atoms with E-state index in [-0.39, 0.29) is 42.1 Å². The minimum Gasteiger partial charge on any atom is -0.862 e. The first-order valence-electron chi connectivity index (χ1n) is 8.31. The Morgan fingerprint density at radius 2 is 1.83 bits per heavy atom. The monoisotopic (exact) mass is 338 g/mol. The van der Waals surface area contributed by atoms with Crippen molar-refractivity contribution in [1.82, 2.24) is 4.90 Å². The van der Waals surface area contributed by atoms with Crippen LogP contribution in [0.3, 0.4) is 0 Å². The molecule has 2 N–H and O–H groups in total. The molecule has 0 aromatic carbocycles. The van der Waals surface area contributed by atoms with Gasteiger partial charge in [-0.15, -0.1) is 0 Å². The molecule has 7 heteroatoms. The number of carboxylic acid groups (broad SMARTS) is 1. The number of hydrogen-bond donors (Lipinski definition) is 2. The predicted octanol–water partition coefficient (Wildman–Crippen LogP) is -1.73. The van der Waals surface area contributed by atoms with Gasteiger partial charge in [0.15, 0.2) is 0 Å². The number of aliphatic hydroxyl groups excluding tert-OH is 1. The summed E-state index contributed by atoms with van der Waals surface area (Å²) in [5, 5.41) is 29.5. The number of carboxylic acids is 1. The smallest absolute Gasteiger partial charge is 0.862 e. The standard InChI is InChI=1S/C16H32N2O4.Na/c1-3-4-5-6-7-9-15(20)17-10-12-18(11-8-13-19)14(2)16(21)22;/h14,19H,3-13H2,1-2H3,(H,17,20)(H,21,22);/q;+1/p-1. The topological polar surface area (TPSA) is 96.2 Å². The van der Waals surface area contributed by atoms with Gasteiger partial charge in [-0.05, 0) is 32.1 Å². The summed E-state index contributed by atoms with van der Waals surface area (Å²) in [5.41, 5.74) is 0. The van der Waals surface area contributed by atoms with E-state index in [1.54, 1.807) is 11.8 Å². The molecule has 0 bridgehead atoms. The van der Waals surface area contributed by atoms with E-state index in [1.165, 1.54) is 12.8 Å². The fraction of sp³-hybridized carbons (Fsp3) is 0.875. The van der Waals surface area contributed by atoms with E-state index in [0.29, 0.717) is 32.5 Å². The molecular formula is C16H31N2NaO4. The Morgan fingerprint density at radius 3 is 2.39 bits per heavy atom. The fourth-order valence-electron chi connectivity index (χ4n) is 2.19. The molecule has 23 heavy (non-hydrogen) atoms. The molecule has 0 rings (SSSR count). The van der Waals surface area contributed by atoms with Gasteiger partial charge in [0, 0.05) is 19.7 Å². The third kappa shape index (κ3) is 14.0. The molecule has 0 spiro atoms. The second-order valence-corrected chi connectivity index (χ2v) is 5.57. The number of carbonyl (C=O) groups is 1. The number of aliphatic hydroxyl groups is 1. The molecule has 1 unspecified atom stereocenters. The Hall–Kier alpha value is -0.140. The van der Waals surface area contributed by atoms with E-state index < -0.39 is 12.0 Å². The first kappa shape index (κ1) is 25.1. The van der Waals surface area contributed by atoms with Crippen molar-refractivity contribution in [2.75, 3.05) is 26.2 Å². The average Bonchev–Trinajstić information content (AvgIpc) is 2.49. The van der Waals surface area contributed by atoms with Crippen LogP contribution in [-0.2, 0) is 4.79 Å². The van der Waals surface area contributed by atoms with Crippen molar-refractivity contribution < 1.29 is 49.7 Å². The molecule has 130 valence electrons. The van der Waals surface area contributed by atoms with Gasteiger partial charge >= 0.3 is 35.5 Å². The zero-order chi connectivity index (χ0) is 16.8. The van der Waals surface area contributed by atoms with Crippen LogP contribution in [0.4, 0.5) is 0 Å². The molecule has 0 heterocycles. The van der Waals surface area contributed by atoms with Crippen molar-refractivity contribution in [2.45, 2.75) is 64.8 Å². The van der Waals surface area contributed by atoms with Crippen molar-refractivity contribution in [2.24, 2.45) is 4.99 Å². The number of hydrogen-bond acceptors (Lipinski definition) is 5. The molecule has 0 saturated heterocycles. The van der Waals surface area contributed by atoms with Crippen molar-refractivity contribution in [3.05, 3.63) is 0 Å². The second-order valence-electron chi connectivity index (χ2n) is 5.57. The SMILES string of the molecule is CCCCCCCC([O-])=NCCN(CCCO)C(C)C(=O)O.[Na+]. The van der Waals surface area contributed by atoms with Crippen molar-refractivity contribution >= 4 is 11.9 Å². The summed E-state index contributed by atoms with van der Waals surface area (Å²) in [6.07, 6.45) is 6.49. The maximum atomic E-state index is 11.6. The quantitative estimate of drug-likeness (QED) is 0.170. The van der Waals surface area contributed by atoms with E-state index in [4.69, 9.17) is 10.2 Å². The van der Waals surface area contributed by atoms with Gasteiger partial charge in [0.1, 0.15) is 6.04 Å². The van der Waals surface area contributed by atoms with Gasteiger partial charge in [0.25, 0.3) is 0 Å². The van der Waals surface area contributed by atoms with Crippen molar-refractivity contribution in [3.8, 4) is 0 Å². The Morgan fingerprint density at radius 1 is 1.17 bits per heavy atom. The Bertz CT molecular complexity index is 327. The number of unbranched alkanes of at least 4 members (excludes halogenated alkanes) is 4. The minimum absolute atomic E-state index is 0. The number of nitrogens with zero attached hydrogens (tertiary/aromatic N) is 2. The largest absolute Gasteiger partial charge is 1.00 e. The molecule has 1 atom stereocenters. The first-order chi connectivity index (χ1) is 10.5. The third-order valence-electron chi connectivity index (χ3n) is 3.68. The van der Waals surface area contributed by atoms with Crippen LogP contribution in [0.25, 0.3) is 0 Å². The van der Waals surface area contributed by atoms with Gasteiger partial charge in [-0.25, -0.2) is 0 Å². The average molecular weight is 338 g/mol. The second kappa shape index (κ2) is 16.7. The van der Waals surface area contributed by atoms with E-state index in [9.17, 15) is 9.90 Å².